The molecule has 0 aliphatic rings. The fraction of sp³-hybridized carbons (Fsp3) is 0.316. The minimum absolute atomic E-state index is 0.111. The molecule has 1 amide bonds. The summed E-state index contributed by atoms with van der Waals surface area (Å²) in [7, 11) is 1.56. The van der Waals surface area contributed by atoms with Gasteiger partial charge in [0.2, 0.25) is 0 Å². The molecule has 0 unspecified atom stereocenters. The number of anilines is 1. The van der Waals surface area contributed by atoms with Gasteiger partial charge >= 0.3 is 0 Å². The summed E-state index contributed by atoms with van der Waals surface area (Å²) < 4.78 is 16.5. The lowest BCUT2D eigenvalue weighted by Crippen LogP contribution is -2.30. The molecule has 0 aliphatic heterocycles. The Morgan fingerprint density at radius 2 is 1.54 bits per heavy atom. The molecule has 1 atom stereocenters. The van der Waals surface area contributed by atoms with Gasteiger partial charge in [-0.1, -0.05) is 12.1 Å². The fourth-order valence-corrected chi connectivity index (χ4v) is 2.09. The van der Waals surface area contributed by atoms with Crippen LogP contribution in [-0.4, -0.2) is 25.2 Å². The molecular weight excluding hydrogens is 306 g/mol. The first kappa shape index (κ1) is 17.7. The van der Waals surface area contributed by atoms with Crippen molar-refractivity contribution in [2.45, 2.75) is 33.0 Å². The van der Waals surface area contributed by atoms with Crippen molar-refractivity contribution in [3.05, 3.63) is 48.5 Å². The highest BCUT2D eigenvalue weighted by atomic mass is 16.5. The average molecular weight is 329 g/mol. The van der Waals surface area contributed by atoms with Gasteiger partial charge in [-0.25, -0.2) is 0 Å². The summed E-state index contributed by atoms with van der Waals surface area (Å²) in [6, 6.07) is 14.5. The summed E-state index contributed by atoms with van der Waals surface area (Å²) in [6.07, 6.45) is -0.549. The number of carbonyl (C=O) groups excluding carboxylic acids is 1. The second-order valence-corrected chi connectivity index (χ2v) is 5.59. The summed E-state index contributed by atoms with van der Waals surface area (Å²) in [6.45, 7) is 5.62. The molecule has 5 nitrogen and oxygen atoms in total. The van der Waals surface area contributed by atoms with Crippen LogP contribution in [0.4, 0.5) is 5.69 Å². The van der Waals surface area contributed by atoms with Gasteiger partial charge in [-0.2, -0.15) is 0 Å². The number of benzene rings is 2. The van der Waals surface area contributed by atoms with Crippen molar-refractivity contribution in [3.63, 3.8) is 0 Å². The van der Waals surface area contributed by atoms with E-state index in [9.17, 15) is 4.79 Å². The molecule has 0 saturated carbocycles. The quantitative estimate of drug-likeness (QED) is 0.837. The Bertz CT molecular complexity index is 667. The molecule has 0 saturated heterocycles. The number of amides is 1. The van der Waals surface area contributed by atoms with Gasteiger partial charge in [-0.05, 0) is 57.2 Å². The molecule has 2 rings (SSSR count). The van der Waals surface area contributed by atoms with Crippen molar-refractivity contribution in [2.24, 2.45) is 0 Å². The van der Waals surface area contributed by atoms with E-state index in [1.165, 1.54) is 0 Å². The lowest BCUT2D eigenvalue weighted by atomic mass is 10.2. The normalized spacial score (nSPS) is 11.7. The van der Waals surface area contributed by atoms with Crippen molar-refractivity contribution in [2.75, 3.05) is 12.4 Å². The first-order valence-electron chi connectivity index (χ1n) is 7.87. The summed E-state index contributed by atoms with van der Waals surface area (Å²) in [5.74, 6) is 1.65. The van der Waals surface area contributed by atoms with Gasteiger partial charge < -0.3 is 19.5 Å². The third-order valence-electron chi connectivity index (χ3n) is 3.24. The van der Waals surface area contributed by atoms with Crippen LogP contribution in [0.5, 0.6) is 17.2 Å². The number of nitrogens with one attached hydrogen (secondary N) is 1. The lowest BCUT2D eigenvalue weighted by Gasteiger charge is -2.17. The van der Waals surface area contributed by atoms with Crippen molar-refractivity contribution >= 4 is 11.6 Å². The number of ether oxygens (including phenoxy) is 3. The molecule has 0 aromatic heterocycles. The molecular formula is C19H23NO4. The lowest BCUT2D eigenvalue weighted by molar-refractivity contribution is -0.122. The van der Waals surface area contributed by atoms with Gasteiger partial charge in [0.15, 0.2) is 17.6 Å². The highest BCUT2D eigenvalue weighted by Crippen LogP contribution is 2.27. The third-order valence-corrected chi connectivity index (χ3v) is 3.24. The zero-order valence-electron chi connectivity index (χ0n) is 14.4. The van der Waals surface area contributed by atoms with Gasteiger partial charge in [-0.15, -0.1) is 0 Å². The van der Waals surface area contributed by atoms with Gasteiger partial charge in [-0.3, -0.25) is 4.79 Å². The van der Waals surface area contributed by atoms with Crippen LogP contribution in [0.3, 0.4) is 0 Å². The van der Waals surface area contributed by atoms with E-state index < -0.39 is 6.10 Å². The van der Waals surface area contributed by atoms with Crippen LogP contribution < -0.4 is 19.5 Å². The van der Waals surface area contributed by atoms with Crippen molar-refractivity contribution in [3.8, 4) is 17.2 Å². The first-order chi connectivity index (χ1) is 11.5. The summed E-state index contributed by atoms with van der Waals surface area (Å²) in [5.41, 5.74) is 0.687. The predicted molar refractivity (Wildman–Crippen MR) is 93.9 cm³/mol. The van der Waals surface area contributed by atoms with E-state index in [1.807, 2.05) is 38.1 Å². The molecule has 2 aromatic carbocycles. The summed E-state index contributed by atoms with van der Waals surface area (Å²) in [5, 5.41) is 2.82. The van der Waals surface area contributed by atoms with Crippen LogP contribution in [0, 0.1) is 0 Å². The zero-order chi connectivity index (χ0) is 17.5. The Hall–Kier alpha value is -2.69. The topological polar surface area (TPSA) is 56.8 Å². The first-order valence-corrected chi connectivity index (χ1v) is 7.87. The molecule has 0 bridgehead atoms. The van der Waals surface area contributed by atoms with E-state index in [-0.39, 0.29) is 12.0 Å². The van der Waals surface area contributed by atoms with Crippen LogP contribution >= 0.6 is 0 Å². The predicted octanol–water partition coefficient (Wildman–Crippen LogP) is 3.89. The summed E-state index contributed by atoms with van der Waals surface area (Å²) >= 11 is 0. The molecule has 0 radical (unpaired) electrons. The number of hydrogen-bond donors (Lipinski definition) is 1. The molecule has 0 heterocycles. The van der Waals surface area contributed by atoms with E-state index >= 15 is 0 Å². The maximum absolute atomic E-state index is 12.3. The maximum Gasteiger partial charge on any atom is 0.265 e. The van der Waals surface area contributed by atoms with E-state index in [0.29, 0.717) is 17.2 Å². The Labute approximate surface area is 142 Å². The third kappa shape index (κ3) is 4.91. The molecule has 128 valence electrons. The molecule has 24 heavy (non-hydrogen) atoms. The van der Waals surface area contributed by atoms with Crippen LogP contribution in [0.1, 0.15) is 20.8 Å². The van der Waals surface area contributed by atoms with Gasteiger partial charge in [0.1, 0.15) is 5.75 Å². The van der Waals surface area contributed by atoms with Crippen molar-refractivity contribution in [1.82, 2.24) is 0 Å². The zero-order valence-corrected chi connectivity index (χ0v) is 14.4. The Balaban J connectivity index is 1.96. The average Bonchev–Trinajstić information content (AvgIpc) is 2.56. The summed E-state index contributed by atoms with van der Waals surface area (Å²) in [4.78, 5) is 12.3. The highest BCUT2D eigenvalue weighted by molar-refractivity contribution is 5.94. The standard InChI is InChI=1S/C19H23NO4/c1-13(2)23-16-11-9-15(10-12-16)20-19(21)14(3)24-18-8-6-5-7-17(18)22-4/h5-14H,1-4H3,(H,20,21)/t14-/m1/s1. The minimum Gasteiger partial charge on any atom is -0.493 e. The SMILES string of the molecule is COc1ccccc1O[C@H](C)C(=O)Nc1ccc(OC(C)C)cc1. The van der Waals surface area contributed by atoms with E-state index in [1.54, 1.807) is 38.3 Å². The highest BCUT2D eigenvalue weighted by Gasteiger charge is 2.16. The number of hydrogen-bond acceptors (Lipinski definition) is 4. The molecule has 1 N–H and O–H groups in total. The molecule has 0 aliphatic carbocycles. The second kappa shape index (κ2) is 8.24. The van der Waals surface area contributed by atoms with Gasteiger partial charge in [0, 0.05) is 5.69 Å². The Morgan fingerprint density at radius 1 is 0.917 bits per heavy atom. The van der Waals surface area contributed by atoms with E-state index in [2.05, 4.69) is 5.32 Å². The molecule has 5 heteroatoms. The number of carbonyl (C=O) groups is 1. The molecule has 0 fully saturated rings. The van der Waals surface area contributed by atoms with E-state index in [0.717, 1.165) is 5.75 Å². The van der Waals surface area contributed by atoms with Crippen LogP contribution in [0.25, 0.3) is 0 Å². The van der Waals surface area contributed by atoms with Crippen LogP contribution in [0.2, 0.25) is 0 Å². The van der Waals surface area contributed by atoms with Crippen molar-refractivity contribution < 1.29 is 19.0 Å². The van der Waals surface area contributed by atoms with Crippen molar-refractivity contribution in [1.29, 1.82) is 0 Å². The Kier molecular flexibility index (Phi) is 6.07. The van der Waals surface area contributed by atoms with E-state index in [4.69, 9.17) is 14.2 Å². The number of rotatable bonds is 7. The smallest absolute Gasteiger partial charge is 0.265 e. The number of methoxy groups -OCH3 is 1. The number of para-hydroxylation sites is 2. The largest absolute Gasteiger partial charge is 0.493 e. The molecule has 2 aromatic rings. The minimum atomic E-state index is -0.659. The van der Waals surface area contributed by atoms with Crippen LogP contribution in [0.15, 0.2) is 48.5 Å². The van der Waals surface area contributed by atoms with Gasteiger partial charge in [0.25, 0.3) is 5.91 Å². The second-order valence-electron chi connectivity index (χ2n) is 5.59. The van der Waals surface area contributed by atoms with Crippen LogP contribution in [-0.2, 0) is 4.79 Å². The monoisotopic (exact) mass is 329 g/mol. The maximum atomic E-state index is 12.3. The Morgan fingerprint density at radius 3 is 2.12 bits per heavy atom. The fourth-order valence-electron chi connectivity index (χ4n) is 2.09. The van der Waals surface area contributed by atoms with Gasteiger partial charge in [0.05, 0.1) is 13.2 Å². The molecule has 0 spiro atoms.